The molecule has 0 saturated carbocycles. The van der Waals surface area contributed by atoms with Crippen molar-refractivity contribution in [3.8, 4) is 17.1 Å². The summed E-state index contributed by atoms with van der Waals surface area (Å²) in [6, 6.07) is 8.79. The second-order valence-electron chi connectivity index (χ2n) is 7.74. The molecule has 4 rings (SSSR count). The van der Waals surface area contributed by atoms with Gasteiger partial charge in [0.1, 0.15) is 24.0 Å². The van der Waals surface area contributed by atoms with Crippen LogP contribution in [-0.4, -0.2) is 30.2 Å². The Bertz CT molecular complexity index is 1090. The molecule has 8 heteroatoms. The Morgan fingerprint density at radius 3 is 2.91 bits per heavy atom. The van der Waals surface area contributed by atoms with Crippen LogP contribution in [0.25, 0.3) is 11.3 Å². The van der Waals surface area contributed by atoms with Crippen LogP contribution >= 0.6 is 0 Å². The molecule has 2 aromatic carbocycles. The van der Waals surface area contributed by atoms with Gasteiger partial charge in [-0.25, -0.2) is 13.8 Å². The lowest BCUT2D eigenvalue weighted by molar-refractivity contribution is -0.116. The summed E-state index contributed by atoms with van der Waals surface area (Å²) in [4.78, 5) is 16.6. The van der Waals surface area contributed by atoms with Crippen LogP contribution in [0.15, 0.2) is 47.0 Å². The SMILES string of the molecule is Cc1ccc(NC(=O)CCc2ncc(-c3ccc(F)cc3F)o2)c(OCC2CCCO2)c1. The van der Waals surface area contributed by atoms with Gasteiger partial charge >= 0.3 is 0 Å². The van der Waals surface area contributed by atoms with Crippen LogP contribution in [0.2, 0.25) is 0 Å². The van der Waals surface area contributed by atoms with E-state index in [0.29, 0.717) is 18.0 Å². The van der Waals surface area contributed by atoms with Crippen molar-refractivity contribution in [3.05, 3.63) is 65.7 Å². The van der Waals surface area contributed by atoms with Crippen LogP contribution in [0.3, 0.4) is 0 Å². The second-order valence-corrected chi connectivity index (χ2v) is 7.74. The average Bonchev–Trinajstić information content (AvgIpc) is 3.44. The van der Waals surface area contributed by atoms with Crippen LogP contribution in [0.1, 0.15) is 30.7 Å². The number of amides is 1. The van der Waals surface area contributed by atoms with E-state index in [1.165, 1.54) is 12.3 Å². The maximum absolute atomic E-state index is 13.9. The van der Waals surface area contributed by atoms with E-state index in [1.807, 2.05) is 19.1 Å². The van der Waals surface area contributed by atoms with Crippen molar-refractivity contribution in [1.29, 1.82) is 0 Å². The summed E-state index contributed by atoms with van der Waals surface area (Å²) in [7, 11) is 0. The highest BCUT2D eigenvalue weighted by Gasteiger charge is 2.18. The molecule has 0 bridgehead atoms. The number of benzene rings is 2. The van der Waals surface area contributed by atoms with E-state index in [4.69, 9.17) is 13.9 Å². The van der Waals surface area contributed by atoms with Crippen LogP contribution in [-0.2, 0) is 16.0 Å². The summed E-state index contributed by atoms with van der Waals surface area (Å²) in [6.07, 6.45) is 3.78. The Morgan fingerprint density at radius 2 is 2.12 bits per heavy atom. The molecule has 1 aliphatic heterocycles. The highest BCUT2D eigenvalue weighted by atomic mass is 19.1. The molecule has 2 heterocycles. The maximum atomic E-state index is 13.9. The van der Waals surface area contributed by atoms with Gasteiger partial charge in [0.05, 0.1) is 23.6 Å². The number of carbonyl (C=O) groups is 1. The zero-order valence-corrected chi connectivity index (χ0v) is 17.7. The van der Waals surface area contributed by atoms with Gasteiger partial charge in [0.15, 0.2) is 11.7 Å². The van der Waals surface area contributed by atoms with Crippen molar-refractivity contribution in [2.45, 2.75) is 38.7 Å². The molecular weight excluding hydrogens is 418 g/mol. The Morgan fingerprint density at radius 1 is 1.25 bits per heavy atom. The molecule has 1 amide bonds. The second kappa shape index (κ2) is 9.91. The molecule has 1 aromatic heterocycles. The first-order valence-corrected chi connectivity index (χ1v) is 10.5. The van der Waals surface area contributed by atoms with E-state index in [-0.39, 0.29) is 42.1 Å². The number of hydrogen-bond donors (Lipinski definition) is 1. The van der Waals surface area contributed by atoms with Gasteiger partial charge in [-0.15, -0.1) is 0 Å². The molecule has 0 radical (unpaired) electrons. The number of aromatic nitrogens is 1. The van der Waals surface area contributed by atoms with E-state index < -0.39 is 11.6 Å². The van der Waals surface area contributed by atoms with Crippen molar-refractivity contribution in [1.82, 2.24) is 4.98 Å². The minimum absolute atomic E-state index is 0.0734. The summed E-state index contributed by atoms with van der Waals surface area (Å²) in [6.45, 7) is 3.14. The molecule has 6 nitrogen and oxygen atoms in total. The summed E-state index contributed by atoms with van der Waals surface area (Å²) in [5.41, 5.74) is 1.72. The number of halogens is 2. The number of hydrogen-bond acceptors (Lipinski definition) is 5. The van der Waals surface area contributed by atoms with Gasteiger partial charge in [0.25, 0.3) is 0 Å². The highest BCUT2D eigenvalue weighted by molar-refractivity contribution is 5.92. The third-order valence-electron chi connectivity index (χ3n) is 5.18. The number of anilines is 1. The number of nitrogens with one attached hydrogen (secondary N) is 1. The van der Waals surface area contributed by atoms with E-state index in [0.717, 1.165) is 37.1 Å². The predicted molar refractivity (Wildman–Crippen MR) is 114 cm³/mol. The molecule has 1 aliphatic rings. The molecular formula is C24H24F2N2O4. The highest BCUT2D eigenvalue weighted by Crippen LogP contribution is 2.28. The third kappa shape index (κ3) is 5.50. The van der Waals surface area contributed by atoms with Crippen molar-refractivity contribution >= 4 is 11.6 Å². The zero-order chi connectivity index (χ0) is 22.5. The lowest BCUT2D eigenvalue weighted by Gasteiger charge is -2.16. The van der Waals surface area contributed by atoms with E-state index in [1.54, 1.807) is 6.07 Å². The fourth-order valence-corrected chi connectivity index (χ4v) is 3.48. The fraction of sp³-hybridized carbons (Fsp3) is 0.333. The number of ether oxygens (including phenoxy) is 2. The summed E-state index contributed by atoms with van der Waals surface area (Å²) in [5.74, 6) is -0.570. The largest absolute Gasteiger partial charge is 0.489 e. The Labute approximate surface area is 184 Å². The maximum Gasteiger partial charge on any atom is 0.224 e. The summed E-state index contributed by atoms with van der Waals surface area (Å²) < 4.78 is 44.0. The molecule has 1 saturated heterocycles. The van der Waals surface area contributed by atoms with Crippen LogP contribution in [0, 0.1) is 18.6 Å². The predicted octanol–water partition coefficient (Wildman–Crippen LogP) is 5.06. The van der Waals surface area contributed by atoms with Crippen molar-refractivity contribution in [2.24, 2.45) is 0 Å². The van der Waals surface area contributed by atoms with Crippen molar-refractivity contribution in [3.63, 3.8) is 0 Å². The van der Waals surface area contributed by atoms with Crippen LogP contribution < -0.4 is 10.1 Å². The molecule has 0 aliphatic carbocycles. The first kappa shape index (κ1) is 22.0. The summed E-state index contributed by atoms with van der Waals surface area (Å²) >= 11 is 0. The normalized spacial score (nSPS) is 15.7. The first-order valence-electron chi connectivity index (χ1n) is 10.5. The Kier molecular flexibility index (Phi) is 6.80. The summed E-state index contributed by atoms with van der Waals surface area (Å²) in [5, 5.41) is 2.86. The fourth-order valence-electron chi connectivity index (χ4n) is 3.48. The first-order chi connectivity index (χ1) is 15.5. The van der Waals surface area contributed by atoms with E-state index in [9.17, 15) is 13.6 Å². The van der Waals surface area contributed by atoms with Crippen molar-refractivity contribution < 1.29 is 27.5 Å². The molecule has 168 valence electrons. The zero-order valence-electron chi connectivity index (χ0n) is 17.7. The molecule has 1 N–H and O–H groups in total. The van der Waals surface area contributed by atoms with Crippen LogP contribution in [0.5, 0.6) is 5.75 Å². The van der Waals surface area contributed by atoms with Gasteiger partial charge in [-0.1, -0.05) is 6.07 Å². The van der Waals surface area contributed by atoms with E-state index >= 15 is 0 Å². The Balaban J connectivity index is 1.34. The topological polar surface area (TPSA) is 73.6 Å². The smallest absolute Gasteiger partial charge is 0.224 e. The molecule has 1 unspecified atom stereocenters. The Hall–Kier alpha value is -3.26. The lowest BCUT2D eigenvalue weighted by Crippen LogP contribution is -2.18. The third-order valence-corrected chi connectivity index (χ3v) is 5.18. The number of aryl methyl sites for hydroxylation is 2. The van der Waals surface area contributed by atoms with Gasteiger partial charge in [0, 0.05) is 25.5 Å². The molecule has 1 fully saturated rings. The van der Waals surface area contributed by atoms with Gasteiger partial charge in [0.2, 0.25) is 5.91 Å². The van der Waals surface area contributed by atoms with Crippen molar-refractivity contribution in [2.75, 3.05) is 18.5 Å². The average molecular weight is 442 g/mol. The molecule has 3 aromatic rings. The van der Waals surface area contributed by atoms with Gasteiger partial charge < -0.3 is 19.2 Å². The number of rotatable bonds is 8. The van der Waals surface area contributed by atoms with Crippen LogP contribution in [0.4, 0.5) is 14.5 Å². The van der Waals surface area contributed by atoms with Gasteiger partial charge in [-0.2, -0.15) is 0 Å². The molecule has 1 atom stereocenters. The molecule has 0 spiro atoms. The number of oxazole rings is 1. The van der Waals surface area contributed by atoms with Gasteiger partial charge in [-0.05, 0) is 49.6 Å². The molecule has 32 heavy (non-hydrogen) atoms. The number of nitrogens with zero attached hydrogens (tertiary/aromatic N) is 1. The van der Waals surface area contributed by atoms with E-state index in [2.05, 4.69) is 10.3 Å². The minimum atomic E-state index is -0.736. The lowest BCUT2D eigenvalue weighted by atomic mass is 10.2. The quantitative estimate of drug-likeness (QED) is 0.528. The van der Waals surface area contributed by atoms with Gasteiger partial charge in [-0.3, -0.25) is 4.79 Å². The number of carbonyl (C=O) groups excluding carboxylic acids is 1. The minimum Gasteiger partial charge on any atom is -0.489 e. The monoisotopic (exact) mass is 442 g/mol. The standard InChI is InChI=1S/C24H24F2N2O4/c1-15-4-7-20(21(11-15)31-14-17-3-2-10-30-17)28-23(29)8-9-24-27-13-22(32-24)18-6-5-16(25)12-19(18)26/h4-7,11-13,17H,2-3,8-10,14H2,1H3,(H,28,29).